The Morgan fingerprint density at radius 1 is 0.958 bits per heavy atom. The molecule has 2 saturated heterocycles. The van der Waals surface area contributed by atoms with Crippen LogP contribution in [0.4, 0.5) is 13.2 Å². The van der Waals surface area contributed by atoms with Gasteiger partial charge in [-0.2, -0.15) is 13.2 Å². The number of halogens is 4. The molecule has 48 heavy (non-hydrogen) atoms. The molecule has 0 unspecified atom stereocenters. The van der Waals surface area contributed by atoms with Crippen LogP contribution in [0.5, 0.6) is 0 Å². The summed E-state index contributed by atoms with van der Waals surface area (Å²) < 4.78 is 45.1. The summed E-state index contributed by atoms with van der Waals surface area (Å²) in [6.07, 6.45) is -1.70. The second-order valence-corrected chi connectivity index (χ2v) is 12.7. The van der Waals surface area contributed by atoms with E-state index in [1.807, 2.05) is 17.0 Å². The molecule has 0 radical (unpaired) electrons. The van der Waals surface area contributed by atoms with E-state index >= 15 is 0 Å². The zero-order chi connectivity index (χ0) is 34.0. The van der Waals surface area contributed by atoms with E-state index in [4.69, 9.17) is 16.0 Å². The fourth-order valence-electron chi connectivity index (χ4n) is 6.51. The van der Waals surface area contributed by atoms with Gasteiger partial charge in [-0.1, -0.05) is 48.0 Å². The number of alkyl halides is 3. The number of hydrogen-bond acceptors (Lipinski definition) is 5. The molecule has 8 nitrogen and oxygen atoms in total. The van der Waals surface area contributed by atoms with Gasteiger partial charge in [0.25, 0.3) is 5.91 Å². The Morgan fingerprint density at radius 3 is 2.38 bits per heavy atom. The molecule has 2 fully saturated rings. The molecule has 0 aliphatic carbocycles. The van der Waals surface area contributed by atoms with Crippen molar-refractivity contribution in [3.8, 4) is 0 Å². The summed E-state index contributed by atoms with van der Waals surface area (Å²) in [5.41, 5.74) is 1.00. The van der Waals surface area contributed by atoms with Gasteiger partial charge >= 0.3 is 6.18 Å². The van der Waals surface area contributed by atoms with E-state index in [0.717, 1.165) is 42.3 Å². The Balaban J connectivity index is 1.19. The van der Waals surface area contributed by atoms with Crippen molar-refractivity contribution in [2.45, 2.75) is 56.8 Å². The van der Waals surface area contributed by atoms with Crippen LogP contribution in [-0.4, -0.2) is 53.2 Å². The molecule has 2 aliphatic rings. The van der Waals surface area contributed by atoms with Crippen LogP contribution < -0.4 is 10.7 Å². The Bertz CT molecular complexity index is 1900. The lowest BCUT2D eigenvalue weighted by atomic mass is 9.86. The van der Waals surface area contributed by atoms with Gasteiger partial charge in [0.15, 0.2) is 11.2 Å². The molecule has 1 aromatic heterocycles. The first-order valence-electron chi connectivity index (χ1n) is 15.8. The highest BCUT2D eigenvalue weighted by molar-refractivity contribution is 6.30. The molecule has 1 atom stereocenters. The second-order valence-electron chi connectivity index (χ2n) is 12.3. The Kier molecular flexibility index (Phi) is 9.59. The third kappa shape index (κ3) is 7.41. The molecule has 12 heteroatoms. The molecule has 0 saturated carbocycles. The number of likely N-dealkylation sites (tertiary alicyclic amines) is 2. The maximum absolute atomic E-state index is 14.0. The van der Waals surface area contributed by atoms with Crippen molar-refractivity contribution in [3.05, 3.63) is 116 Å². The van der Waals surface area contributed by atoms with Crippen molar-refractivity contribution in [3.63, 3.8) is 0 Å². The van der Waals surface area contributed by atoms with Crippen molar-refractivity contribution >= 4 is 40.3 Å². The molecule has 3 heterocycles. The summed E-state index contributed by atoms with van der Waals surface area (Å²) in [7, 11) is 0. The van der Waals surface area contributed by atoms with Crippen molar-refractivity contribution in [1.82, 2.24) is 15.1 Å². The van der Waals surface area contributed by atoms with Crippen LogP contribution in [-0.2, 0) is 28.7 Å². The van der Waals surface area contributed by atoms with Gasteiger partial charge in [-0.05, 0) is 72.2 Å². The summed E-state index contributed by atoms with van der Waals surface area (Å²) in [5, 5.41) is 2.90. The van der Waals surface area contributed by atoms with Crippen LogP contribution in [0.15, 0.2) is 82.0 Å². The molecule has 6 rings (SSSR count). The van der Waals surface area contributed by atoms with E-state index in [1.54, 1.807) is 29.2 Å². The lowest BCUT2D eigenvalue weighted by molar-refractivity contribution is -0.137. The van der Waals surface area contributed by atoms with Gasteiger partial charge < -0.3 is 19.5 Å². The van der Waals surface area contributed by atoms with Gasteiger partial charge in [-0.15, -0.1) is 0 Å². The topological polar surface area (TPSA) is 99.9 Å². The Hall–Kier alpha value is -4.64. The highest BCUT2D eigenvalue weighted by Crippen LogP contribution is 2.33. The molecule has 1 N–H and O–H groups in total. The summed E-state index contributed by atoms with van der Waals surface area (Å²) >= 11 is 6.06. The van der Waals surface area contributed by atoms with Gasteiger partial charge in [-0.25, -0.2) is 0 Å². The molecule has 3 aromatic carbocycles. The first kappa shape index (κ1) is 33.3. The van der Waals surface area contributed by atoms with Crippen LogP contribution in [0.25, 0.3) is 11.0 Å². The number of carbonyl (C=O) groups is 3. The zero-order valence-corrected chi connectivity index (χ0v) is 26.7. The van der Waals surface area contributed by atoms with Crippen LogP contribution in [0.3, 0.4) is 0 Å². The fourth-order valence-corrected chi connectivity index (χ4v) is 6.64. The number of nitrogens with zero attached hydrogens (tertiary/aromatic N) is 2. The SMILES string of the molecule is O=C(N[C@@H](Cc1ccc(Cl)cc1)C(=O)N1CCC(c2ccccc2CN2CCCC2=O)CC1)c1cc(=O)c2cc(C(F)(F)F)ccc2o1. The van der Waals surface area contributed by atoms with E-state index in [-0.39, 0.29) is 35.1 Å². The average molecular weight is 680 g/mol. The molecular weight excluding hydrogens is 647 g/mol. The molecule has 0 spiro atoms. The summed E-state index contributed by atoms with van der Waals surface area (Å²) in [6.45, 7) is 2.21. The molecule has 3 amide bonds. The lowest BCUT2D eigenvalue weighted by Crippen LogP contribution is -2.51. The lowest BCUT2D eigenvalue weighted by Gasteiger charge is -2.35. The minimum absolute atomic E-state index is 0.126. The van der Waals surface area contributed by atoms with Crippen LogP contribution >= 0.6 is 11.6 Å². The van der Waals surface area contributed by atoms with Crippen LogP contribution in [0, 0.1) is 0 Å². The van der Waals surface area contributed by atoms with E-state index in [1.165, 1.54) is 5.56 Å². The van der Waals surface area contributed by atoms with Gasteiger partial charge in [0, 0.05) is 50.1 Å². The highest BCUT2D eigenvalue weighted by atomic mass is 35.5. The Morgan fingerprint density at radius 2 is 1.69 bits per heavy atom. The standard InChI is InChI=1S/C36H33ClF3N3O5/c37-26-10-7-22(8-11-26)18-29(41-34(46)32-20-30(44)28-19-25(36(38,39)40)9-12-31(28)48-32)35(47)42-16-13-23(14-17-42)27-5-2-1-4-24(27)21-43-15-3-6-33(43)45/h1-2,4-5,7-12,19-20,23,29H,3,6,13-18,21H2,(H,41,46)/t29-/m0/s1. The highest BCUT2D eigenvalue weighted by Gasteiger charge is 2.33. The fraction of sp³-hybridized carbons (Fsp3) is 0.333. The van der Waals surface area contributed by atoms with Crippen LogP contribution in [0.1, 0.15) is 64.4 Å². The predicted molar refractivity (Wildman–Crippen MR) is 174 cm³/mol. The van der Waals surface area contributed by atoms with Gasteiger partial charge in [0.1, 0.15) is 11.6 Å². The number of piperidine rings is 1. The number of hydrogen-bond donors (Lipinski definition) is 1. The molecule has 250 valence electrons. The van der Waals surface area contributed by atoms with Gasteiger partial charge in [0.2, 0.25) is 11.8 Å². The number of nitrogens with one attached hydrogen (secondary N) is 1. The quantitative estimate of drug-likeness (QED) is 0.235. The smallest absolute Gasteiger partial charge is 0.416 e. The van der Waals surface area contributed by atoms with E-state index < -0.39 is 34.9 Å². The van der Waals surface area contributed by atoms with Gasteiger partial charge in [0.05, 0.1) is 10.9 Å². The number of benzene rings is 3. The Labute approximate surface area is 279 Å². The number of amides is 3. The maximum Gasteiger partial charge on any atom is 0.416 e. The molecule has 2 aliphatic heterocycles. The monoisotopic (exact) mass is 679 g/mol. The van der Waals surface area contributed by atoms with E-state index in [0.29, 0.717) is 50.0 Å². The minimum atomic E-state index is -4.65. The predicted octanol–water partition coefficient (Wildman–Crippen LogP) is 6.33. The zero-order valence-electron chi connectivity index (χ0n) is 25.9. The van der Waals surface area contributed by atoms with Crippen molar-refractivity contribution < 1.29 is 32.0 Å². The molecular formula is C36H33ClF3N3O5. The van der Waals surface area contributed by atoms with Crippen molar-refractivity contribution in [1.29, 1.82) is 0 Å². The third-order valence-electron chi connectivity index (χ3n) is 9.07. The maximum atomic E-state index is 14.0. The van der Waals surface area contributed by atoms with Gasteiger partial charge in [-0.3, -0.25) is 19.2 Å². The molecule has 0 bridgehead atoms. The van der Waals surface area contributed by atoms with E-state index in [2.05, 4.69) is 17.4 Å². The summed E-state index contributed by atoms with van der Waals surface area (Å²) in [6, 6.07) is 17.2. The summed E-state index contributed by atoms with van der Waals surface area (Å²) in [5.74, 6) is -1.23. The van der Waals surface area contributed by atoms with Crippen molar-refractivity contribution in [2.24, 2.45) is 0 Å². The molecule has 4 aromatic rings. The van der Waals surface area contributed by atoms with Crippen LogP contribution in [0.2, 0.25) is 5.02 Å². The first-order valence-corrected chi connectivity index (χ1v) is 16.2. The number of rotatable bonds is 8. The van der Waals surface area contributed by atoms with E-state index in [9.17, 15) is 32.3 Å². The number of fused-ring (bicyclic) bond motifs is 1. The first-order chi connectivity index (χ1) is 23.0. The normalized spacial score (nSPS) is 16.4. The summed E-state index contributed by atoms with van der Waals surface area (Å²) in [4.78, 5) is 56.0. The number of carbonyl (C=O) groups excluding carboxylic acids is 3. The minimum Gasteiger partial charge on any atom is -0.451 e. The van der Waals surface area contributed by atoms with Crippen molar-refractivity contribution in [2.75, 3.05) is 19.6 Å². The largest absolute Gasteiger partial charge is 0.451 e. The third-order valence-corrected chi connectivity index (χ3v) is 9.32. The second kappa shape index (κ2) is 13.8. The average Bonchev–Trinajstić information content (AvgIpc) is 3.48.